The van der Waals surface area contributed by atoms with E-state index >= 15 is 0 Å². The van der Waals surface area contributed by atoms with E-state index in [-0.39, 0.29) is 11.5 Å². The molecule has 0 saturated heterocycles. The second-order valence-electron chi connectivity index (χ2n) is 3.83. The summed E-state index contributed by atoms with van der Waals surface area (Å²) in [6, 6.07) is 0. The molecule has 2 aromatic rings. The van der Waals surface area contributed by atoms with Crippen LogP contribution in [-0.4, -0.2) is 26.0 Å². The molecular formula is C11H11N3O2S. The molecule has 0 spiro atoms. The highest BCUT2D eigenvalue weighted by Gasteiger charge is 2.17. The van der Waals surface area contributed by atoms with Gasteiger partial charge in [0.25, 0.3) is 0 Å². The second kappa shape index (κ2) is 4.58. The molecule has 0 amide bonds. The lowest BCUT2D eigenvalue weighted by Gasteiger charge is -2.09. The molecule has 5 nitrogen and oxygen atoms in total. The van der Waals surface area contributed by atoms with Crippen molar-refractivity contribution in [3.63, 3.8) is 0 Å². The monoisotopic (exact) mass is 249 g/mol. The molecule has 6 heteroatoms. The van der Waals surface area contributed by atoms with E-state index in [9.17, 15) is 4.79 Å². The fourth-order valence-electron chi connectivity index (χ4n) is 1.45. The molecule has 0 bridgehead atoms. The molecular weight excluding hydrogens is 238 g/mol. The molecule has 88 valence electrons. The average Bonchev–Trinajstić information content (AvgIpc) is 2.81. The predicted molar refractivity (Wildman–Crippen MR) is 64.2 cm³/mol. The molecule has 0 radical (unpaired) electrons. The van der Waals surface area contributed by atoms with Crippen LogP contribution in [0.4, 0.5) is 0 Å². The van der Waals surface area contributed by atoms with Crippen LogP contribution in [0.1, 0.15) is 35.8 Å². The van der Waals surface area contributed by atoms with Crippen molar-refractivity contribution >= 4 is 17.3 Å². The third-order valence-corrected chi connectivity index (χ3v) is 2.84. The van der Waals surface area contributed by atoms with Gasteiger partial charge in [0.1, 0.15) is 5.69 Å². The first-order valence-electron chi connectivity index (χ1n) is 5.08. The van der Waals surface area contributed by atoms with Crippen molar-refractivity contribution in [1.82, 2.24) is 15.0 Å². The maximum Gasteiger partial charge on any atom is 0.339 e. The molecule has 2 heterocycles. The summed E-state index contributed by atoms with van der Waals surface area (Å²) in [6.45, 7) is 3.80. The van der Waals surface area contributed by atoms with E-state index in [4.69, 9.17) is 5.11 Å². The Bertz CT molecular complexity index is 538. The molecule has 0 aliphatic heterocycles. The molecule has 1 N–H and O–H groups in total. The Hall–Kier alpha value is -1.82. The van der Waals surface area contributed by atoms with Gasteiger partial charge in [0.2, 0.25) is 0 Å². The first-order valence-corrected chi connectivity index (χ1v) is 6.02. The van der Waals surface area contributed by atoms with Gasteiger partial charge in [-0.05, 0) is 5.92 Å². The number of aromatic nitrogens is 3. The number of carboxylic acid groups (broad SMARTS) is 1. The van der Waals surface area contributed by atoms with Crippen LogP contribution in [-0.2, 0) is 0 Å². The standard InChI is InChI=1S/C11H11N3O2S/c1-6(2)9-7(11(15)16)3-12-10(14-9)8-4-17-5-13-8/h3-6H,1-2H3,(H,15,16). The minimum absolute atomic E-state index is 0.0292. The Morgan fingerprint density at radius 2 is 2.18 bits per heavy atom. The fraction of sp³-hybridized carbons (Fsp3) is 0.273. The molecule has 17 heavy (non-hydrogen) atoms. The number of aromatic carboxylic acids is 1. The van der Waals surface area contributed by atoms with Crippen LogP contribution in [0.25, 0.3) is 11.5 Å². The quantitative estimate of drug-likeness (QED) is 0.904. The Labute approximate surface area is 102 Å². The number of hydrogen-bond donors (Lipinski definition) is 1. The van der Waals surface area contributed by atoms with Crippen LogP contribution in [0.3, 0.4) is 0 Å². The van der Waals surface area contributed by atoms with Crippen molar-refractivity contribution in [1.29, 1.82) is 0 Å². The summed E-state index contributed by atoms with van der Waals surface area (Å²) >= 11 is 1.45. The van der Waals surface area contributed by atoms with Gasteiger partial charge in [-0.2, -0.15) is 0 Å². The lowest BCUT2D eigenvalue weighted by Crippen LogP contribution is -2.08. The second-order valence-corrected chi connectivity index (χ2v) is 4.54. The Morgan fingerprint density at radius 3 is 2.71 bits per heavy atom. The summed E-state index contributed by atoms with van der Waals surface area (Å²) in [5, 5.41) is 10.9. The van der Waals surface area contributed by atoms with E-state index in [1.807, 2.05) is 19.2 Å². The highest BCUT2D eigenvalue weighted by atomic mass is 32.1. The molecule has 2 rings (SSSR count). The minimum atomic E-state index is -1.00. The number of rotatable bonds is 3. The van der Waals surface area contributed by atoms with Crippen LogP contribution in [0.2, 0.25) is 0 Å². The summed E-state index contributed by atoms with van der Waals surface area (Å²) in [4.78, 5) is 23.5. The van der Waals surface area contributed by atoms with Crippen molar-refractivity contribution < 1.29 is 9.90 Å². The SMILES string of the molecule is CC(C)c1nc(-c2cscn2)ncc1C(=O)O. The van der Waals surface area contributed by atoms with Gasteiger partial charge in [-0.1, -0.05) is 13.8 Å². The van der Waals surface area contributed by atoms with Crippen LogP contribution >= 0.6 is 11.3 Å². The van der Waals surface area contributed by atoms with E-state index in [0.29, 0.717) is 17.2 Å². The number of nitrogens with zero attached hydrogens (tertiary/aromatic N) is 3. The van der Waals surface area contributed by atoms with Crippen molar-refractivity contribution in [3.8, 4) is 11.5 Å². The van der Waals surface area contributed by atoms with E-state index in [1.54, 1.807) is 5.51 Å². The largest absolute Gasteiger partial charge is 0.478 e. The summed E-state index contributed by atoms with van der Waals surface area (Å²) in [7, 11) is 0. The summed E-state index contributed by atoms with van der Waals surface area (Å²) < 4.78 is 0. The molecule has 0 saturated carbocycles. The predicted octanol–water partition coefficient (Wildman–Crippen LogP) is 2.42. The molecule has 0 aromatic carbocycles. The average molecular weight is 249 g/mol. The van der Waals surface area contributed by atoms with Gasteiger partial charge in [0.05, 0.1) is 16.8 Å². The van der Waals surface area contributed by atoms with Gasteiger partial charge < -0.3 is 5.11 Å². The zero-order chi connectivity index (χ0) is 12.4. The number of hydrogen-bond acceptors (Lipinski definition) is 5. The Balaban J connectivity index is 2.53. The van der Waals surface area contributed by atoms with Crippen LogP contribution in [0.15, 0.2) is 17.1 Å². The topological polar surface area (TPSA) is 76.0 Å². The zero-order valence-corrected chi connectivity index (χ0v) is 10.2. The minimum Gasteiger partial charge on any atom is -0.478 e. The van der Waals surface area contributed by atoms with E-state index < -0.39 is 5.97 Å². The fourth-order valence-corrected chi connectivity index (χ4v) is 1.98. The first-order chi connectivity index (χ1) is 8.09. The number of thiazole rings is 1. The molecule has 0 aliphatic carbocycles. The molecule has 0 aliphatic rings. The smallest absolute Gasteiger partial charge is 0.339 e. The van der Waals surface area contributed by atoms with Crippen molar-refractivity contribution in [2.24, 2.45) is 0 Å². The molecule has 0 fully saturated rings. The number of carbonyl (C=O) groups is 1. The summed E-state index contributed by atoms with van der Waals surface area (Å²) in [5.41, 5.74) is 3.06. The van der Waals surface area contributed by atoms with Gasteiger partial charge >= 0.3 is 5.97 Å². The van der Waals surface area contributed by atoms with E-state index in [2.05, 4.69) is 15.0 Å². The van der Waals surface area contributed by atoms with Gasteiger partial charge in [0, 0.05) is 11.6 Å². The van der Waals surface area contributed by atoms with Crippen molar-refractivity contribution in [3.05, 3.63) is 28.3 Å². The van der Waals surface area contributed by atoms with Gasteiger partial charge in [0.15, 0.2) is 5.82 Å². The van der Waals surface area contributed by atoms with E-state index in [1.165, 1.54) is 17.5 Å². The van der Waals surface area contributed by atoms with Crippen LogP contribution in [0.5, 0.6) is 0 Å². The maximum absolute atomic E-state index is 11.0. The number of carboxylic acids is 1. The lowest BCUT2D eigenvalue weighted by atomic mass is 10.1. The first kappa shape index (κ1) is 11.7. The normalized spacial score (nSPS) is 10.8. The molecule has 2 aromatic heterocycles. The summed E-state index contributed by atoms with van der Waals surface area (Å²) in [6.07, 6.45) is 1.35. The molecule has 0 atom stereocenters. The highest BCUT2D eigenvalue weighted by molar-refractivity contribution is 7.07. The maximum atomic E-state index is 11.0. The van der Waals surface area contributed by atoms with Gasteiger partial charge in [-0.3, -0.25) is 0 Å². The van der Waals surface area contributed by atoms with Crippen molar-refractivity contribution in [2.75, 3.05) is 0 Å². The summed E-state index contributed by atoms with van der Waals surface area (Å²) in [5.74, 6) is -0.500. The van der Waals surface area contributed by atoms with Crippen LogP contribution < -0.4 is 0 Å². The van der Waals surface area contributed by atoms with Gasteiger partial charge in [-0.15, -0.1) is 11.3 Å². The van der Waals surface area contributed by atoms with E-state index in [0.717, 1.165) is 0 Å². The third kappa shape index (κ3) is 2.31. The van der Waals surface area contributed by atoms with Crippen LogP contribution in [0, 0.1) is 0 Å². The zero-order valence-electron chi connectivity index (χ0n) is 9.41. The van der Waals surface area contributed by atoms with Gasteiger partial charge in [-0.25, -0.2) is 19.7 Å². The third-order valence-electron chi connectivity index (χ3n) is 2.26. The Morgan fingerprint density at radius 1 is 1.41 bits per heavy atom. The van der Waals surface area contributed by atoms with Crippen molar-refractivity contribution in [2.45, 2.75) is 19.8 Å². The molecule has 0 unspecified atom stereocenters. The lowest BCUT2D eigenvalue weighted by molar-refractivity contribution is 0.0694. The Kier molecular flexibility index (Phi) is 3.14. The highest BCUT2D eigenvalue weighted by Crippen LogP contribution is 2.21.